The summed E-state index contributed by atoms with van der Waals surface area (Å²) in [5.41, 5.74) is 3.43. The molecule has 5 heteroatoms. The van der Waals surface area contributed by atoms with Gasteiger partial charge >= 0.3 is 0 Å². The van der Waals surface area contributed by atoms with Crippen molar-refractivity contribution in [3.63, 3.8) is 0 Å². The van der Waals surface area contributed by atoms with Gasteiger partial charge in [-0.25, -0.2) is 0 Å². The summed E-state index contributed by atoms with van der Waals surface area (Å²) in [4.78, 5) is 2.30. The Morgan fingerprint density at radius 3 is 2.12 bits per heavy atom. The molecule has 0 saturated carbocycles. The summed E-state index contributed by atoms with van der Waals surface area (Å²) in [5.74, 6) is 2.46. The lowest BCUT2D eigenvalue weighted by molar-refractivity contribution is 0.286. The summed E-state index contributed by atoms with van der Waals surface area (Å²) in [5, 5.41) is 0. The molecule has 0 fully saturated rings. The zero-order valence-corrected chi connectivity index (χ0v) is 17.4. The molecular formula is C21H30ClNO3. The van der Waals surface area contributed by atoms with Crippen LogP contribution in [-0.4, -0.2) is 33.4 Å². The van der Waals surface area contributed by atoms with Crippen LogP contribution in [0.1, 0.15) is 25.0 Å². The number of aryl methyl sites for hydroxylation is 2. The first-order valence-corrected chi connectivity index (χ1v) is 8.69. The maximum atomic E-state index is 6.14. The smallest absolute Gasteiger partial charge is 0.162 e. The lowest BCUT2D eigenvalue weighted by atomic mass is 10.1. The van der Waals surface area contributed by atoms with Gasteiger partial charge in [0.15, 0.2) is 11.5 Å². The van der Waals surface area contributed by atoms with Crippen LogP contribution in [0, 0.1) is 13.8 Å². The summed E-state index contributed by atoms with van der Waals surface area (Å²) < 4.78 is 16.9. The Balaban J connectivity index is 0.00000338. The number of benzene rings is 2. The van der Waals surface area contributed by atoms with Crippen LogP contribution in [0.2, 0.25) is 0 Å². The van der Waals surface area contributed by atoms with Crippen molar-refractivity contribution in [2.24, 2.45) is 0 Å². The van der Waals surface area contributed by atoms with Crippen molar-refractivity contribution in [1.82, 2.24) is 0 Å². The number of anilines is 1. The van der Waals surface area contributed by atoms with E-state index in [-0.39, 0.29) is 18.4 Å². The first-order chi connectivity index (χ1) is 12.0. The quantitative estimate of drug-likeness (QED) is 0.643. The molecule has 1 unspecified atom stereocenters. The molecule has 0 aliphatic carbocycles. The van der Waals surface area contributed by atoms with Crippen LogP contribution in [0.5, 0.6) is 17.2 Å². The third kappa shape index (κ3) is 4.98. The molecule has 0 aromatic heterocycles. The van der Waals surface area contributed by atoms with Crippen LogP contribution >= 0.6 is 12.4 Å². The van der Waals surface area contributed by atoms with Gasteiger partial charge in [0, 0.05) is 18.3 Å². The van der Waals surface area contributed by atoms with Crippen molar-refractivity contribution in [3.8, 4) is 17.2 Å². The van der Waals surface area contributed by atoms with Crippen LogP contribution in [0.4, 0.5) is 5.69 Å². The number of nitrogens with zero attached hydrogens (tertiary/aromatic N) is 1. The average molecular weight is 380 g/mol. The predicted molar refractivity (Wildman–Crippen MR) is 111 cm³/mol. The number of rotatable bonds is 8. The molecule has 0 saturated heterocycles. The molecule has 0 heterocycles. The minimum Gasteiger partial charge on any atom is -0.493 e. The monoisotopic (exact) mass is 379 g/mol. The van der Waals surface area contributed by atoms with Crippen molar-refractivity contribution in [3.05, 3.63) is 47.5 Å². The second kappa shape index (κ2) is 10.2. The van der Waals surface area contributed by atoms with E-state index in [0.717, 1.165) is 29.5 Å². The fourth-order valence-corrected chi connectivity index (χ4v) is 3.07. The van der Waals surface area contributed by atoms with E-state index >= 15 is 0 Å². The van der Waals surface area contributed by atoms with E-state index in [0.29, 0.717) is 6.61 Å². The number of likely N-dealkylation sites (N-methyl/N-ethyl adjacent to an activating group) is 1. The van der Waals surface area contributed by atoms with Crippen LogP contribution in [0.15, 0.2) is 36.4 Å². The number of methoxy groups -OCH3 is 2. The Bertz CT molecular complexity index is 685. The van der Waals surface area contributed by atoms with Crippen molar-refractivity contribution < 1.29 is 14.2 Å². The average Bonchev–Trinajstić information content (AvgIpc) is 2.61. The lowest BCUT2D eigenvalue weighted by Gasteiger charge is -2.31. The van der Waals surface area contributed by atoms with Crippen LogP contribution in [0.3, 0.4) is 0 Å². The Hall–Kier alpha value is -2.07. The first-order valence-electron chi connectivity index (χ1n) is 8.69. The number of hydrogen-bond acceptors (Lipinski definition) is 4. The molecule has 0 aliphatic rings. The van der Waals surface area contributed by atoms with E-state index in [1.165, 1.54) is 11.1 Å². The molecule has 2 aromatic rings. The van der Waals surface area contributed by atoms with Crippen molar-refractivity contribution >= 4 is 18.1 Å². The number of halogens is 1. The third-order valence-corrected chi connectivity index (χ3v) is 4.45. The zero-order valence-electron chi connectivity index (χ0n) is 16.5. The van der Waals surface area contributed by atoms with Gasteiger partial charge in [-0.3, -0.25) is 0 Å². The summed E-state index contributed by atoms with van der Waals surface area (Å²) in [6.45, 7) is 9.98. The molecule has 0 bridgehead atoms. The van der Waals surface area contributed by atoms with Crippen LogP contribution < -0.4 is 19.1 Å². The highest BCUT2D eigenvalue weighted by Gasteiger charge is 2.17. The number of hydrogen-bond donors (Lipinski definition) is 0. The van der Waals surface area contributed by atoms with Crippen molar-refractivity contribution in [1.29, 1.82) is 0 Å². The zero-order chi connectivity index (χ0) is 18.4. The van der Waals surface area contributed by atoms with E-state index in [1.807, 2.05) is 12.1 Å². The van der Waals surface area contributed by atoms with E-state index in [9.17, 15) is 0 Å². The Kier molecular flexibility index (Phi) is 8.59. The summed E-state index contributed by atoms with van der Waals surface area (Å²) in [6, 6.07) is 12.5. The molecule has 0 radical (unpaired) electrons. The molecule has 0 amide bonds. The topological polar surface area (TPSA) is 30.9 Å². The molecule has 0 N–H and O–H groups in total. The Labute approximate surface area is 163 Å². The van der Waals surface area contributed by atoms with Gasteiger partial charge in [0.25, 0.3) is 0 Å². The van der Waals surface area contributed by atoms with Gasteiger partial charge in [-0.1, -0.05) is 18.2 Å². The van der Waals surface area contributed by atoms with Gasteiger partial charge in [-0.2, -0.15) is 0 Å². The van der Waals surface area contributed by atoms with Crippen LogP contribution in [-0.2, 0) is 0 Å². The Morgan fingerprint density at radius 2 is 1.58 bits per heavy atom. The summed E-state index contributed by atoms with van der Waals surface area (Å²) >= 11 is 0. The minimum absolute atomic E-state index is 0. The molecule has 2 aromatic carbocycles. The molecule has 1 atom stereocenters. The number of ether oxygens (including phenoxy) is 3. The van der Waals surface area contributed by atoms with Gasteiger partial charge in [0.2, 0.25) is 0 Å². The largest absolute Gasteiger partial charge is 0.493 e. The predicted octanol–water partition coefficient (Wildman–Crippen LogP) is 5.04. The molecule has 4 nitrogen and oxygen atoms in total. The van der Waals surface area contributed by atoms with E-state index in [2.05, 4.69) is 56.9 Å². The standard InChI is InChI=1S/C21H29NO3.ClH/c1-7-22(18-11-12-19(23-5)20(13-18)24-6)17(4)14-25-21-15(2)9-8-10-16(21)3;/h8-13,17H,7,14H2,1-6H3;1H. The van der Waals surface area contributed by atoms with Crippen molar-refractivity contribution in [2.45, 2.75) is 33.7 Å². The van der Waals surface area contributed by atoms with Gasteiger partial charge in [-0.15, -0.1) is 12.4 Å². The third-order valence-electron chi connectivity index (χ3n) is 4.45. The summed E-state index contributed by atoms with van der Waals surface area (Å²) in [6.07, 6.45) is 0. The Morgan fingerprint density at radius 1 is 0.962 bits per heavy atom. The SMILES string of the molecule is CCN(c1ccc(OC)c(OC)c1)C(C)COc1c(C)cccc1C.Cl. The van der Waals surface area contributed by atoms with Crippen LogP contribution in [0.25, 0.3) is 0 Å². The second-order valence-corrected chi connectivity index (χ2v) is 6.21. The normalized spacial score (nSPS) is 11.3. The fraction of sp³-hybridized carbons (Fsp3) is 0.429. The highest BCUT2D eigenvalue weighted by atomic mass is 35.5. The minimum atomic E-state index is 0. The van der Waals surface area contributed by atoms with E-state index in [1.54, 1.807) is 14.2 Å². The van der Waals surface area contributed by atoms with Gasteiger partial charge < -0.3 is 19.1 Å². The van der Waals surface area contributed by atoms with Gasteiger partial charge in [0.05, 0.1) is 20.3 Å². The lowest BCUT2D eigenvalue weighted by Crippen LogP contribution is -2.37. The molecule has 2 rings (SSSR count). The molecular weight excluding hydrogens is 350 g/mol. The van der Waals surface area contributed by atoms with Gasteiger partial charge in [-0.05, 0) is 51.0 Å². The fourth-order valence-electron chi connectivity index (χ4n) is 3.07. The highest BCUT2D eigenvalue weighted by Crippen LogP contribution is 2.32. The van der Waals surface area contributed by atoms with E-state index in [4.69, 9.17) is 14.2 Å². The molecule has 26 heavy (non-hydrogen) atoms. The molecule has 144 valence electrons. The highest BCUT2D eigenvalue weighted by molar-refractivity contribution is 5.85. The van der Waals surface area contributed by atoms with Gasteiger partial charge in [0.1, 0.15) is 12.4 Å². The second-order valence-electron chi connectivity index (χ2n) is 6.21. The molecule has 0 spiro atoms. The first kappa shape index (κ1) is 22.0. The van der Waals surface area contributed by atoms with E-state index < -0.39 is 0 Å². The summed E-state index contributed by atoms with van der Waals surface area (Å²) in [7, 11) is 3.31. The van der Waals surface area contributed by atoms with Crippen molar-refractivity contribution in [2.75, 3.05) is 32.3 Å². The maximum absolute atomic E-state index is 6.14. The molecule has 0 aliphatic heterocycles. The number of para-hydroxylation sites is 1. The maximum Gasteiger partial charge on any atom is 0.162 e.